The van der Waals surface area contributed by atoms with Gasteiger partial charge in [0.05, 0.1) is 10.2 Å². The molecule has 3 aromatic rings. The van der Waals surface area contributed by atoms with Crippen LogP contribution >= 0.6 is 38.9 Å². The van der Waals surface area contributed by atoms with Gasteiger partial charge in [0.25, 0.3) is 5.91 Å². The van der Waals surface area contributed by atoms with Gasteiger partial charge in [0.1, 0.15) is 34.9 Å². The molecule has 11 heteroatoms. The van der Waals surface area contributed by atoms with Crippen LogP contribution in [0.2, 0.25) is 5.02 Å². The number of amides is 1. The molecule has 2 heterocycles. The molecule has 6 nitrogen and oxygen atoms in total. The lowest BCUT2D eigenvalue weighted by Gasteiger charge is -2.38. The molecular weight excluding hydrogens is 598 g/mol. The molecule has 1 aromatic heterocycles. The van der Waals surface area contributed by atoms with Crippen molar-refractivity contribution < 1.29 is 18.3 Å². The van der Waals surface area contributed by atoms with Gasteiger partial charge in [-0.3, -0.25) is 9.69 Å². The fraction of sp³-hybridized carbons (Fsp3) is 0.333. The van der Waals surface area contributed by atoms with Gasteiger partial charge in [-0.25, -0.2) is 13.8 Å². The van der Waals surface area contributed by atoms with E-state index in [-0.39, 0.29) is 25.2 Å². The van der Waals surface area contributed by atoms with E-state index in [9.17, 15) is 9.18 Å². The number of piperazine rings is 1. The van der Waals surface area contributed by atoms with E-state index in [4.69, 9.17) is 16.3 Å². The van der Waals surface area contributed by atoms with Crippen molar-refractivity contribution in [3.8, 4) is 0 Å². The Morgan fingerprint density at radius 1 is 1.18 bits per heavy atom. The molecule has 1 aliphatic heterocycles. The zero-order valence-corrected chi connectivity index (χ0v) is 23.8. The number of carbonyl (C=O) groups excluding carboxylic acids is 1. The molecule has 1 atom stereocenters. The molecule has 0 radical (unpaired) electrons. The first-order valence-corrected chi connectivity index (χ1v) is 14.2. The van der Waals surface area contributed by atoms with Gasteiger partial charge < -0.3 is 15.0 Å². The standard InChI is InChI=1S/C27H26BrClF2N4O2S/c1-34-9-11-35(12-10-34)26(16-3-2-4-17(28)13-16)33-27(36)24-19(30)6-7-21(25(24)31)37-15-23-32-20-14-18(29)5-8-22(20)38-23/h2-5,8,13-14,26H,6-7,9-12,15H2,1H3,(H,33,36). The third-order valence-electron chi connectivity index (χ3n) is 6.63. The number of halogens is 4. The molecule has 1 saturated heterocycles. The van der Waals surface area contributed by atoms with E-state index >= 15 is 4.39 Å². The summed E-state index contributed by atoms with van der Waals surface area (Å²) in [7, 11) is 2.04. The van der Waals surface area contributed by atoms with Crippen molar-refractivity contribution in [3.63, 3.8) is 0 Å². The summed E-state index contributed by atoms with van der Waals surface area (Å²) in [5.41, 5.74) is 0.954. The largest absolute Gasteiger partial charge is 0.488 e. The van der Waals surface area contributed by atoms with Crippen LogP contribution in [0.5, 0.6) is 0 Å². The lowest BCUT2D eigenvalue weighted by molar-refractivity contribution is -0.120. The number of benzene rings is 2. The second-order valence-corrected chi connectivity index (χ2v) is 11.8. The van der Waals surface area contributed by atoms with Crippen LogP contribution in [0.1, 0.15) is 29.6 Å². The fourth-order valence-electron chi connectivity index (χ4n) is 4.57. The zero-order chi connectivity index (χ0) is 26.8. The summed E-state index contributed by atoms with van der Waals surface area (Å²) >= 11 is 10.9. The number of nitrogens with one attached hydrogen (secondary N) is 1. The number of thiazole rings is 1. The van der Waals surface area contributed by atoms with Crippen LogP contribution in [0.4, 0.5) is 8.78 Å². The Morgan fingerprint density at radius 2 is 1.97 bits per heavy atom. The second-order valence-electron chi connectivity index (χ2n) is 9.30. The minimum absolute atomic E-state index is 0.0121. The van der Waals surface area contributed by atoms with Crippen molar-refractivity contribution >= 4 is 55.0 Å². The molecule has 0 saturated carbocycles. The van der Waals surface area contributed by atoms with Crippen LogP contribution in [0.15, 0.2) is 69.9 Å². The maximum Gasteiger partial charge on any atom is 0.258 e. The molecular formula is C27H26BrClF2N4O2S. The molecule has 1 unspecified atom stereocenters. The molecule has 1 fully saturated rings. The van der Waals surface area contributed by atoms with Gasteiger partial charge in [-0.05, 0) is 42.9 Å². The molecule has 5 rings (SSSR count). The van der Waals surface area contributed by atoms with Crippen LogP contribution < -0.4 is 5.32 Å². The highest BCUT2D eigenvalue weighted by atomic mass is 79.9. The van der Waals surface area contributed by atoms with E-state index in [1.807, 2.05) is 37.4 Å². The Balaban J connectivity index is 1.35. The van der Waals surface area contributed by atoms with Gasteiger partial charge in [-0.1, -0.05) is 39.7 Å². The van der Waals surface area contributed by atoms with E-state index in [2.05, 4.69) is 36.0 Å². The minimum Gasteiger partial charge on any atom is -0.488 e. The highest BCUT2D eigenvalue weighted by Crippen LogP contribution is 2.35. The first-order valence-electron chi connectivity index (χ1n) is 12.2. The number of likely N-dealkylation sites (N-methyl/N-ethyl adjacent to an activating group) is 1. The average Bonchev–Trinajstić information content (AvgIpc) is 3.29. The quantitative estimate of drug-likeness (QED) is 0.326. The van der Waals surface area contributed by atoms with Crippen molar-refractivity contribution in [1.82, 2.24) is 20.1 Å². The summed E-state index contributed by atoms with van der Waals surface area (Å²) in [6.45, 7) is 3.06. The van der Waals surface area contributed by atoms with Crippen LogP contribution in [0.25, 0.3) is 10.2 Å². The summed E-state index contributed by atoms with van der Waals surface area (Å²) in [6.07, 6.45) is -0.627. The van der Waals surface area contributed by atoms with Crippen molar-refractivity contribution in [2.24, 2.45) is 0 Å². The summed E-state index contributed by atoms with van der Waals surface area (Å²) in [5, 5.41) is 4.10. The lowest BCUT2D eigenvalue weighted by Crippen LogP contribution is -2.50. The van der Waals surface area contributed by atoms with Crippen LogP contribution in [0, 0.1) is 0 Å². The first-order chi connectivity index (χ1) is 18.3. The number of allylic oxidation sites excluding steroid dienone is 2. The lowest BCUT2D eigenvalue weighted by atomic mass is 10.0. The maximum atomic E-state index is 15.5. The number of carbonyl (C=O) groups is 1. The number of fused-ring (bicyclic) bond motifs is 1. The Bertz CT molecular complexity index is 1420. The normalized spacial score (nSPS) is 18.2. The van der Waals surface area contributed by atoms with Gasteiger partial charge in [0.2, 0.25) is 0 Å². The Kier molecular flexibility index (Phi) is 8.44. The monoisotopic (exact) mass is 622 g/mol. The number of aromatic nitrogens is 1. The van der Waals surface area contributed by atoms with Gasteiger partial charge in [0, 0.05) is 48.5 Å². The van der Waals surface area contributed by atoms with E-state index in [0.717, 1.165) is 33.3 Å². The molecule has 1 aliphatic carbocycles. The third kappa shape index (κ3) is 6.10. The maximum absolute atomic E-state index is 15.5. The van der Waals surface area contributed by atoms with Crippen LogP contribution in [-0.4, -0.2) is 53.9 Å². The van der Waals surface area contributed by atoms with E-state index in [1.165, 1.54) is 11.3 Å². The molecule has 0 spiro atoms. The van der Waals surface area contributed by atoms with E-state index < -0.39 is 29.3 Å². The van der Waals surface area contributed by atoms with E-state index in [1.54, 1.807) is 12.1 Å². The number of ether oxygens (including phenoxy) is 1. The molecule has 38 heavy (non-hydrogen) atoms. The smallest absolute Gasteiger partial charge is 0.258 e. The summed E-state index contributed by atoms with van der Waals surface area (Å²) in [4.78, 5) is 22.1. The number of rotatable bonds is 7. The predicted molar refractivity (Wildman–Crippen MR) is 149 cm³/mol. The molecule has 1 amide bonds. The number of hydrogen-bond acceptors (Lipinski definition) is 6. The predicted octanol–water partition coefficient (Wildman–Crippen LogP) is 6.49. The Hall–Kier alpha value is -2.37. The zero-order valence-electron chi connectivity index (χ0n) is 20.6. The third-order valence-corrected chi connectivity index (χ3v) is 8.37. The SMILES string of the molecule is CN1CCN(C(NC(=O)C2=C(F)CCC(OCc3nc4cc(Cl)ccc4s3)=C2F)c2cccc(Br)c2)CC1. The molecule has 200 valence electrons. The van der Waals surface area contributed by atoms with Crippen LogP contribution in [-0.2, 0) is 16.1 Å². The Morgan fingerprint density at radius 3 is 2.74 bits per heavy atom. The fourth-order valence-corrected chi connectivity index (χ4v) is 6.02. The highest BCUT2D eigenvalue weighted by Gasteiger charge is 2.33. The molecule has 1 N–H and O–H groups in total. The Labute approximate surface area is 237 Å². The average molecular weight is 624 g/mol. The topological polar surface area (TPSA) is 57.7 Å². The van der Waals surface area contributed by atoms with Gasteiger partial charge in [0.15, 0.2) is 5.83 Å². The van der Waals surface area contributed by atoms with Crippen molar-refractivity contribution in [3.05, 3.63) is 85.5 Å². The summed E-state index contributed by atoms with van der Waals surface area (Å²) < 4.78 is 37.9. The number of hydrogen-bond donors (Lipinski definition) is 1. The van der Waals surface area contributed by atoms with Crippen molar-refractivity contribution in [1.29, 1.82) is 0 Å². The molecule has 2 aliphatic rings. The van der Waals surface area contributed by atoms with Gasteiger partial charge in [-0.15, -0.1) is 11.3 Å². The highest BCUT2D eigenvalue weighted by molar-refractivity contribution is 9.10. The van der Waals surface area contributed by atoms with Crippen LogP contribution in [0.3, 0.4) is 0 Å². The van der Waals surface area contributed by atoms with Gasteiger partial charge >= 0.3 is 0 Å². The number of nitrogens with zero attached hydrogens (tertiary/aromatic N) is 3. The van der Waals surface area contributed by atoms with Gasteiger partial charge in [-0.2, -0.15) is 0 Å². The van der Waals surface area contributed by atoms with E-state index in [0.29, 0.717) is 23.1 Å². The summed E-state index contributed by atoms with van der Waals surface area (Å²) in [6, 6.07) is 12.9. The summed E-state index contributed by atoms with van der Waals surface area (Å²) in [5.74, 6) is -2.61. The van der Waals surface area contributed by atoms with Crippen molar-refractivity contribution in [2.45, 2.75) is 25.6 Å². The van der Waals surface area contributed by atoms with Crippen molar-refractivity contribution in [2.75, 3.05) is 33.2 Å². The second kappa shape index (κ2) is 11.8. The molecule has 0 bridgehead atoms. The minimum atomic E-state index is -0.971. The molecule has 2 aromatic carbocycles. The first kappa shape index (κ1) is 27.2.